The van der Waals surface area contributed by atoms with Crippen LogP contribution in [0.1, 0.15) is 27.2 Å². The third-order valence-corrected chi connectivity index (χ3v) is 3.34. The fourth-order valence-electron chi connectivity index (χ4n) is 2.53. The van der Waals surface area contributed by atoms with Gasteiger partial charge in [-0.1, -0.05) is 26.0 Å². The van der Waals surface area contributed by atoms with E-state index in [1.54, 1.807) is 0 Å². The Morgan fingerprint density at radius 1 is 1.45 bits per heavy atom. The summed E-state index contributed by atoms with van der Waals surface area (Å²) in [4.78, 5) is 11.5. The first-order chi connectivity index (χ1) is 4.97. The van der Waals surface area contributed by atoms with Crippen LogP contribution in [0.2, 0.25) is 0 Å². The number of ketones is 1. The summed E-state index contributed by atoms with van der Waals surface area (Å²) >= 11 is 0. The van der Waals surface area contributed by atoms with E-state index in [4.69, 9.17) is 0 Å². The van der Waals surface area contributed by atoms with E-state index in [2.05, 4.69) is 32.9 Å². The van der Waals surface area contributed by atoms with Crippen molar-refractivity contribution in [2.45, 2.75) is 27.2 Å². The zero-order valence-electron chi connectivity index (χ0n) is 7.35. The Hall–Kier alpha value is -0.590. The number of rotatable bonds is 0. The monoisotopic (exact) mass is 150 g/mol. The van der Waals surface area contributed by atoms with Crippen molar-refractivity contribution in [3.05, 3.63) is 12.2 Å². The van der Waals surface area contributed by atoms with Crippen LogP contribution in [0.4, 0.5) is 0 Å². The lowest BCUT2D eigenvalue weighted by molar-refractivity contribution is -0.124. The molecule has 0 heterocycles. The second kappa shape index (κ2) is 1.60. The zero-order valence-corrected chi connectivity index (χ0v) is 7.35. The van der Waals surface area contributed by atoms with Gasteiger partial charge in [0.25, 0.3) is 0 Å². The van der Waals surface area contributed by atoms with Gasteiger partial charge in [0.15, 0.2) is 0 Å². The van der Waals surface area contributed by atoms with E-state index in [1.165, 1.54) is 0 Å². The lowest BCUT2D eigenvalue weighted by atomic mass is 9.64. The maximum atomic E-state index is 11.5. The summed E-state index contributed by atoms with van der Waals surface area (Å²) in [6, 6.07) is 0. The van der Waals surface area contributed by atoms with Crippen molar-refractivity contribution in [2.24, 2.45) is 16.7 Å². The lowest BCUT2D eigenvalue weighted by Crippen LogP contribution is -2.35. The van der Waals surface area contributed by atoms with E-state index in [9.17, 15) is 4.79 Å². The molecule has 0 aliphatic heterocycles. The van der Waals surface area contributed by atoms with Gasteiger partial charge in [-0.05, 0) is 18.3 Å². The molecule has 1 fully saturated rings. The predicted molar refractivity (Wildman–Crippen MR) is 44.1 cm³/mol. The van der Waals surface area contributed by atoms with Crippen LogP contribution < -0.4 is 0 Å². The molecule has 60 valence electrons. The van der Waals surface area contributed by atoms with E-state index in [0.717, 1.165) is 6.42 Å². The molecule has 0 bridgehead atoms. The highest BCUT2D eigenvalue weighted by Gasteiger charge is 2.57. The summed E-state index contributed by atoms with van der Waals surface area (Å²) in [5.74, 6) is 0.928. The normalized spacial score (nSPS) is 45.4. The molecule has 0 amide bonds. The van der Waals surface area contributed by atoms with Crippen LogP contribution in [-0.4, -0.2) is 5.78 Å². The van der Waals surface area contributed by atoms with E-state index >= 15 is 0 Å². The summed E-state index contributed by atoms with van der Waals surface area (Å²) in [6.07, 6.45) is 5.00. The van der Waals surface area contributed by atoms with E-state index in [1.807, 2.05) is 0 Å². The van der Waals surface area contributed by atoms with Crippen LogP contribution in [0.15, 0.2) is 12.2 Å². The topological polar surface area (TPSA) is 17.1 Å². The Bertz CT molecular complexity index is 250. The first-order valence-corrected chi connectivity index (χ1v) is 4.19. The van der Waals surface area contributed by atoms with Crippen LogP contribution in [0, 0.1) is 16.7 Å². The molecule has 2 aliphatic rings. The van der Waals surface area contributed by atoms with Gasteiger partial charge in [0.1, 0.15) is 5.78 Å². The molecule has 0 aromatic heterocycles. The van der Waals surface area contributed by atoms with Crippen molar-refractivity contribution in [2.75, 3.05) is 0 Å². The smallest absolute Gasteiger partial charge is 0.143 e. The molecule has 0 aromatic rings. The maximum Gasteiger partial charge on any atom is 0.143 e. The van der Waals surface area contributed by atoms with Crippen molar-refractivity contribution < 1.29 is 4.79 Å². The Morgan fingerprint density at radius 3 is 2.27 bits per heavy atom. The molecule has 11 heavy (non-hydrogen) atoms. The molecule has 2 aliphatic carbocycles. The van der Waals surface area contributed by atoms with E-state index in [0.29, 0.717) is 11.7 Å². The van der Waals surface area contributed by atoms with Gasteiger partial charge in [0, 0.05) is 6.42 Å². The third-order valence-electron chi connectivity index (χ3n) is 3.34. The minimum absolute atomic E-state index is 0.0937. The Kier molecular flexibility index (Phi) is 1.03. The van der Waals surface area contributed by atoms with Crippen LogP contribution >= 0.6 is 0 Å². The number of carbonyl (C=O) groups excluding carboxylic acids is 1. The predicted octanol–water partition coefficient (Wildman–Crippen LogP) is 2.18. The Morgan fingerprint density at radius 2 is 2.09 bits per heavy atom. The largest absolute Gasteiger partial charge is 0.299 e. The first kappa shape index (κ1) is 7.08. The van der Waals surface area contributed by atoms with Gasteiger partial charge in [-0.25, -0.2) is 0 Å². The molecule has 1 saturated carbocycles. The number of hydrogen-bond acceptors (Lipinski definition) is 1. The minimum Gasteiger partial charge on any atom is -0.299 e. The van der Waals surface area contributed by atoms with Crippen LogP contribution in [0.5, 0.6) is 0 Å². The fraction of sp³-hybridized carbons (Fsp3) is 0.700. The van der Waals surface area contributed by atoms with Gasteiger partial charge in [-0.2, -0.15) is 0 Å². The molecule has 2 atom stereocenters. The van der Waals surface area contributed by atoms with Gasteiger partial charge >= 0.3 is 0 Å². The SMILES string of the molecule is CC1(C)CC(=O)[C@@]2(C)C=C[C@H]12. The molecule has 2 rings (SSSR count). The van der Waals surface area contributed by atoms with Gasteiger partial charge in [0.2, 0.25) is 0 Å². The molecule has 1 nitrogen and oxygen atoms in total. The van der Waals surface area contributed by atoms with Crippen molar-refractivity contribution in [3.63, 3.8) is 0 Å². The number of carbonyl (C=O) groups is 1. The highest BCUT2D eigenvalue weighted by atomic mass is 16.1. The number of Topliss-reactive ketones (excluding diaryl/α,β-unsaturated/α-hetero) is 1. The molecule has 0 aromatic carbocycles. The second-order valence-corrected chi connectivity index (χ2v) is 4.71. The molecule has 0 N–H and O–H groups in total. The van der Waals surface area contributed by atoms with Gasteiger partial charge in [0.05, 0.1) is 5.41 Å². The first-order valence-electron chi connectivity index (χ1n) is 4.19. The van der Waals surface area contributed by atoms with Crippen molar-refractivity contribution in [1.29, 1.82) is 0 Å². The van der Waals surface area contributed by atoms with Gasteiger partial charge in [-0.15, -0.1) is 0 Å². The number of allylic oxidation sites excluding steroid dienone is 2. The standard InChI is InChI=1S/C10H14O/c1-9(2)6-8(11)10(3)5-4-7(9)10/h4-5,7H,6H2,1-3H3/t7-,10+/m1/s1. The van der Waals surface area contributed by atoms with Crippen molar-refractivity contribution >= 4 is 5.78 Å². The average Bonchev–Trinajstić information content (AvgIpc) is 1.88. The summed E-state index contributed by atoms with van der Waals surface area (Å²) < 4.78 is 0. The highest BCUT2D eigenvalue weighted by Crippen LogP contribution is 2.58. The summed E-state index contributed by atoms with van der Waals surface area (Å²) in [6.45, 7) is 6.43. The Labute approximate surface area is 67.5 Å². The summed E-state index contributed by atoms with van der Waals surface area (Å²) in [7, 11) is 0. The minimum atomic E-state index is -0.0937. The maximum absolute atomic E-state index is 11.5. The van der Waals surface area contributed by atoms with Crippen molar-refractivity contribution in [3.8, 4) is 0 Å². The summed E-state index contributed by atoms with van der Waals surface area (Å²) in [5, 5.41) is 0. The molecular weight excluding hydrogens is 136 g/mol. The summed E-state index contributed by atoms with van der Waals surface area (Å²) in [5.41, 5.74) is 0.115. The lowest BCUT2D eigenvalue weighted by Gasteiger charge is -2.38. The fourth-order valence-corrected chi connectivity index (χ4v) is 2.53. The number of fused-ring (bicyclic) bond motifs is 1. The van der Waals surface area contributed by atoms with Crippen LogP contribution in [-0.2, 0) is 4.79 Å². The number of hydrogen-bond donors (Lipinski definition) is 0. The second-order valence-electron chi connectivity index (χ2n) is 4.71. The molecule has 0 saturated heterocycles. The van der Waals surface area contributed by atoms with Gasteiger partial charge in [-0.3, -0.25) is 4.79 Å². The van der Waals surface area contributed by atoms with Gasteiger partial charge < -0.3 is 0 Å². The third kappa shape index (κ3) is 0.640. The molecule has 1 heteroatoms. The molecular formula is C10H14O. The van der Waals surface area contributed by atoms with E-state index in [-0.39, 0.29) is 10.8 Å². The highest BCUT2D eigenvalue weighted by molar-refractivity contribution is 5.92. The Balaban J connectivity index is 2.44. The van der Waals surface area contributed by atoms with Crippen molar-refractivity contribution in [1.82, 2.24) is 0 Å². The molecule has 0 radical (unpaired) electrons. The zero-order chi connectivity index (χ0) is 8.28. The van der Waals surface area contributed by atoms with E-state index < -0.39 is 0 Å². The quantitative estimate of drug-likeness (QED) is 0.484. The van der Waals surface area contributed by atoms with Crippen LogP contribution in [0.25, 0.3) is 0 Å². The average molecular weight is 150 g/mol. The van der Waals surface area contributed by atoms with Crippen LogP contribution in [0.3, 0.4) is 0 Å². The molecule has 0 unspecified atom stereocenters. The molecule has 0 spiro atoms.